The average molecular weight is 192 g/mol. The molecule has 0 spiro atoms. The molecule has 0 amide bonds. The van der Waals surface area contributed by atoms with Crippen LogP contribution >= 0.6 is 0 Å². The highest BCUT2D eigenvalue weighted by Crippen LogP contribution is 2.16. The molecule has 2 heterocycles. The Morgan fingerprint density at radius 1 is 1.29 bits per heavy atom. The van der Waals surface area contributed by atoms with Gasteiger partial charge in [0.1, 0.15) is 11.4 Å². The van der Waals surface area contributed by atoms with E-state index in [1.54, 1.807) is 9.36 Å². The zero-order valence-electron chi connectivity index (χ0n) is 8.47. The zero-order chi connectivity index (χ0) is 10.1. The molecule has 2 rings (SSSR count). The van der Waals surface area contributed by atoms with E-state index < -0.39 is 0 Å². The van der Waals surface area contributed by atoms with E-state index in [0.717, 1.165) is 23.6 Å². The third-order valence-corrected chi connectivity index (χ3v) is 2.21. The van der Waals surface area contributed by atoms with Gasteiger partial charge in [-0.05, 0) is 13.8 Å². The molecule has 2 aromatic heterocycles. The first-order chi connectivity index (χ1) is 6.72. The Labute approximate surface area is 81.5 Å². The fraction of sp³-hybridized carbons (Fsp3) is 0.500. The van der Waals surface area contributed by atoms with Crippen LogP contribution in [-0.2, 0) is 13.6 Å². The van der Waals surface area contributed by atoms with Crippen molar-refractivity contribution in [2.45, 2.75) is 20.4 Å². The third-order valence-electron chi connectivity index (χ3n) is 2.21. The highest BCUT2D eigenvalue weighted by molar-refractivity contribution is 5.54. The topological polar surface area (TPSA) is 61.4 Å². The van der Waals surface area contributed by atoms with Gasteiger partial charge >= 0.3 is 0 Å². The van der Waals surface area contributed by atoms with Crippen LogP contribution in [0.15, 0.2) is 6.20 Å². The van der Waals surface area contributed by atoms with Crippen LogP contribution in [0.4, 0.5) is 0 Å². The van der Waals surface area contributed by atoms with Crippen molar-refractivity contribution in [1.82, 2.24) is 30.0 Å². The lowest BCUT2D eigenvalue weighted by molar-refractivity contribution is 0.627. The predicted octanol–water partition coefficient (Wildman–Crippen LogP) is 0.402. The lowest BCUT2D eigenvalue weighted by Crippen LogP contribution is -1.93. The molecule has 6 nitrogen and oxygen atoms in total. The summed E-state index contributed by atoms with van der Waals surface area (Å²) in [4.78, 5) is 0. The maximum atomic E-state index is 4.03. The summed E-state index contributed by atoms with van der Waals surface area (Å²) >= 11 is 0. The molecule has 0 atom stereocenters. The van der Waals surface area contributed by atoms with Gasteiger partial charge in [-0.1, -0.05) is 10.4 Å². The van der Waals surface area contributed by atoms with E-state index in [9.17, 15) is 0 Å². The van der Waals surface area contributed by atoms with Gasteiger partial charge in [-0.15, -0.1) is 10.2 Å². The van der Waals surface area contributed by atoms with Crippen LogP contribution in [0.2, 0.25) is 0 Å². The zero-order valence-corrected chi connectivity index (χ0v) is 8.47. The fourth-order valence-corrected chi connectivity index (χ4v) is 1.20. The average Bonchev–Trinajstić information content (AvgIpc) is 2.75. The van der Waals surface area contributed by atoms with E-state index in [-0.39, 0.29) is 0 Å². The first-order valence-corrected chi connectivity index (χ1v) is 4.49. The molecule has 0 aliphatic heterocycles. The molecule has 0 radical (unpaired) electrons. The summed E-state index contributed by atoms with van der Waals surface area (Å²) < 4.78 is 3.49. The highest BCUT2D eigenvalue weighted by Gasteiger charge is 2.11. The summed E-state index contributed by atoms with van der Waals surface area (Å²) in [5, 5.41) is 15.9. The number of aryl methyl sites for hydroxylation is 2. The van der Waals surface area contributed by atoms with Gasteiger partial charge in [-0.3, -0.25) is 9.36 Å². The number of aromatic nitrogens is 6. The van der Waals surface area contributed by atoms with E-state index in [1.807, 2.05) is 27.1 Å². The maximum absolute atomic E-state index is 4.03. The van der Waals surface area contributed by atoms with E-state index in [2.05, 4.69) is 20.6 Å². The van der Waals surface area contributed by atoms with E-state index >= 15 is 0 Å². The molecule has 0 unspecified atom stereocenters. The second-order valence-corrected chi connectivity index (χ2v) is 3.11. The van der Waals surface area contributed by atoms with E-state index in [4.69, 9.17) is 0 Å². The lowest BCUT2D eigenvalue weighted by Gasteiger charge is -1.92. The summed E-state index contributed by atoms with van der Waals surface area (Å²) in [7, 11) is 1.86. The van der Waals surface area contributed by atoms with Gasteiger partial charge in [0.05, 0.1) is 11.9 Å². The van der Waals surface area contributed by atoms with Crippen LogP contribution in [0.25, 0.3) is 11.4 Å². The molecule has 14 heavy (non-hydrogen) atoms. The van der Waals surface area contributed by atoms with Crippen molar-refractivity contribution in [3.05, 3.63) is 11.9 Å². The second-order valence-electron chi connectivity index (χ2n) is 3.11. The summed E-state index contributed by atoms with van der Waals surface area (Å²) in [6, 6.07) is 0. The Bertz CT molecular complexity index is 440. The Balaban J connectivity index is 2.44. The van der Waals surface area contributed by atoms with Crippen LogP contribution in [0, 0.1) is 6.92 Å². The van der Waals surface area contributed by atoms with Crippen molar-refractivity contribution < 1.29 is 0 Å². The first kappa shape index (κ1) is 8.86. The molecular formula is C8H12N6. The molecule has 74 valence electrons. The van der Waals surface area contributed by atoms with Crippen molar-refractivity contribution in [1.29, 1.82) is 0 Å². The Kier molecular flexibility index (Phi) is 2.03. The van der Waals surface area contributed by atoms with Crippen molar-refractivity contribution in [2.75, 3.05) is 0 Å². The Morgan fingerprint density at radius 3 is 2.57 bits per heavy atom. The molecule has 0 bridgehead atoms. The molecule has 0 saturated carbocycles. The summed E-state index contributed by atoms with van der Waals surface area (Å²) in [6.45, 7) is 4.79. The quantitative estimate of drug-likeness (QED) is 0.691. The van der Waals surface area contributed by atoms with Crippen molar-refractivity contribution in [3.63, 3.8) is 0 Å². The van der Waals surface area contributed by atoms with Gasteiger partial charge in [-0.2, -0.15) is 0 Å². The minimum absolute atomic E-state index is 0.775. The second kappa shape index (κ2) is 3.21. The van der Waals surface area contributed by atoms with Crippen LogP contribution in [0.5, 0.6) is 0 Å². The molecule has 0 saturated heterocycles. The standard InChI is InChI=1S/C8H12N6/c1-4-14-5-7(9-12-14)8-6(2)13(3)11-10-8/h5H,4H2,1-3H3. The highest BCUT2D eigenvalue weighted by atomic mass is 15.4. The van der Waals surface area contributed by atoms with Gasteiger partial charge in [-0.25, -0.2) is 0 Å². The van der Waals surface area contributed by atoms with Crippen LogP contribution < -0.4 is 0 Å². The Morgan fingerprint density at radius 2 is 2.07 bits per heavy atom. The summed E-state index contributed by atoms with van der Waals surface area (Å²) in [6.07, 6.45) is 1.87. The number of hydrogen-bond acceptors (Lipinski definition) is 4. The molecule has 0 fully saturated rings. The molecule has 6 heteroatoms. The van der Waals surface area contributed by atoms with Crippen molar-refractivity contribution in [2.24, 2.45) is 7.05 Å². The van der Waals surface area contributed by atoms with Gasteiger partial charge in [0.25, 0.3) is 0 Å². The van der Waals surface area contributed by atoms with Gasteiger partial charge in [0.15, 0.2) is 0 Å². The van der Waals surface area contributed by atoms with Crippen LogP contribution in [0.1, 0.15) is 12.6 Å². The van der Waals surface area contributed by atoms with E-state index in [0.29, 0.717) is 0 Å². The molecular weight excluding hydrogens is 180 g/mol. The molecule has 0 N–H and O–H groups in total. The maximum Gasteiger partial charge on any atom is 0.137 e. The number of hydrogen-bond donors (Lipinski definition) is 0. The summed E-state index contributed by atoms with van der Waals surface area (Å²) in [5.41, 5.74) is 2.57. The minimum atomic E-state index is 0.775. The molecule has 0 aliphatic rings. The predicted molar refractivity (Wildman–Crippen MR) is 50.4 cm³/mol. The minimum Gasteiger partial charge on any atom is -0.252 e. The monoisotopic (exact) mass is 192 g/mol. The van der Waals surface area contributed by atoms with Gasteiger partial charge < -0.3 is 0 Å². The first-order valence-electron chi connectivity index (χ1n) is 4.49. The molecule has 0 aliphatic carbocycles. The molecule has 0 aromatic carbocycles. The number of rotatable bonds is 2. The molecule has 2 aromatic rings. The lowest BCUT2D eigenvalue weighted by atomic mass is 10.3. The van der Waals surface area contributed by atoms with Crippen molar-refractivity contribution in [3.8, 4) is 11.4 Å². The number of nitrogens with zero attached hydrogens (tertiary/aromatic N) is 6. The van der Waals surface area contributed by atoms with Crippen molar-refractivity contribution >= 4 is 0 Å². The normalized spacial score (nSPS) is 10.8. The van der Waals surface area contributed by atoms with E-state index in [1.165, 1.54) is 0 Å². The largest absolute Gasteiger partial charge is 0.252 e. The van der Waals surface area contributed by atoms with Crippen LogP contribution in [0.3, 0.4) is 0 Å². The fourth-order valence-electron chi connectivity index (χ4n) is 1.20. The van der Waals surface area contributed by atoms with Gasteiger partial charge in [0, 0.05) is 13.6 Å². The SMILES string of the molecule is CCn1cc(-c2nnn(C)c2C)nn1. The smallest absolute Gasteiger partial charge is 0.137 e. The van der Waals surface area contributed by atoms with Gasteiger partial charge in [0.2, 0.25) is 0 Å². The third kappa shape index (κ3) is 1.28. The summed E-state index contributed by atoms with van der Waals surface area (Å²) in [5.74, 6) is 0. The van der Waals surface area contributed by atoms with Crippen LogP contribution in [-0.4, -0.2) is 30.0 Å². The Hall–Kier alpha value is -1.72.